The van der Waals surface area contributed by atoms with Crippen molar-refractivity contribution in [2.45, 2.75) is 6.54 Å². The molecule has 0 saturated carbocycles. The number of carbonyl (C=O) groups excluding carboxylic acids is 3. The summed E-state index contributed by atoms with van der Waals surface area (Å²) in [4.78, 5) is 37.4. The van der Waals surface area contributed by atoms with Gasteiger partial charge in [0.05, 0.1) is 0 Å². The van der Waals surface area contributed by atoms with Crippen molar-refractivity contribution in [2.75, 3.05) is 13.2 Å². The molecule has 138 valence electrons. The highest BCUT2D eigenvalue weighted by Gasteiger charge is 2.32. The molecule has 7 heteroatoms. The van der Waals surface area contributed by atoms with Crippen LogP contribution in [-0.4, -0.2) is 35.8 Å². The number of halogens is 1. The maximum Gasteiger partial charge on any atom is 0.326 e. The Balaban J connectivity index is 1.46. The van der Waals surface area contributed by atoms with Gasteiger partial charge in [0.1, 0.15) is 6.54 Å². The SMILES string of the molecule is C=C1c2ccccc2C(=O)N1CC(=O)OCC(=O)NCc1ccc(Cl)cc1. The van der Waals surface area contributed by atoms with Gasteiger partial charge in [0.15, 0.2) is 6.61 Å². The lowest BCUT2D eigenvalue weighted by Crippen LogP contribution is -2.33. The predicted octanol–water partition coefficient (Wildman–Crippen LogP) is 2.63. The van der Waals surface area contributed by atoms with Gasteiger partial charge in [-0.05, 0) is 23.8 Å². The predicted molar refractivity (Wildman–Crippen MR) is 101 cm³/mol. The van der Waals surface area contributed by atoms with Crippen molar-refractivity contribution in [2.24, 2.45) is 0 Å². The van der Waals surface area contributed by atoms with E-state index in [-0.39, 0.29) is 12.5 Å². The number of nitrogens with zero attached hydrogens (tertiary/aromatic N) is 1. The van der Waals surface area contributed by atoms with E-state index in [0.717, 1.165) is 5.56 Å². The zero-order valence-electron chi connectivity index (χ0n) is 14.4. The van der Waals surface area contributed by atoms with Crippen molar-refractivity contribution >= 4 is 35.1 Å². The van der Waals surface area contributed by atoms with Crippen LogP contribution in [0, 0.1) is 0 Å². The van der Waals surface area contributed by atoms with Gasteiger partial charge in [0, 0.05) is 28.4 Å². The summed E-state index contributed by atoms with van der Waals surface area (Å²) >= 11 is 5.80. The lowest BCUT2D eigenvalue weighted by molar-refractivity contribution is -0.148. The van der Waals surface area contributed by atoms with E-state index in [1.165, 1.54) is 4.90 Å². The van der Waals surface area contributed by atoms with E-state index >= 15 is 0 Å². The zero-order chi connectivity index (χ0) is 19.4. The summed E-state index contributed by atoms with van der Waals surface area (Å²) in [5, 5.41) is 3.25. The van der Waals surface area contributed by atoms with Gasteiger partial charge in [-0.2, -0.15) is 0 Å². The second-order valence-corrected chi connectivity index (χ2v) is 6.38. The van der Waals surface area contributed by atoms with Crippen molar-refractivity contribution in [1.29, 1.82) is 0 Å². The van der Waals surface area contributed by atoms with Gasteiger partial charge in [-0.15, -0.1) is 0 Å². The number of nitrogens with one attached hydrogen (secondary N) is 1. The molecule has 0 radical (unpaired) electrons. The van der Waals surface area contributed by atoms with Crippen LogP contribution in [0.5, 0.6) is 0 Å². The fourth-order valence-electron chi connectivity index (χ4n) is 2.68. The number of rotatable bonds is 6. The lowest BCUT2D eigenvalue weighted by Gasteiger charge is -2.16. The molecule has 0 spiro atoms. The second-order valence-electron chi connectivity index (χ2n) is 5.95. The largest absolute Gasteiger partial charge is 0.454 e. The van der Waals surface area contributed by atoms with Crippen molar-refractivity contribution in [3.63, 3.8) is 0 Å². The fourth-order valence-corrected chi connectivity index (χ4v) is 2.80. The fraction of sp³-hybridized carbons (Fsp3) is 0.150. The van der Waals surface area contributed by atoms with E-state index in [1.54, 1.807) is 48.5 Å². The molecule has 0 aromatic heterocycles. The van der Waals surface area contributed by atoms with Crippen LogP contribution in [0.1, 0.15) is 21.5 Å². The molecule has 6 nitrogen and oxygen atoms in total. The molecule has 0 aliphatic carbocycles. The number of benzene rings is 2. The third-order valence-electron chi connectivity index (χ3n) is 4.09. The average molecular weight is 385 g/mol. The molecule has 0 fully saturated rings. The molecule has 0 atom stereocenters. The van der Waals surface area contributed by atoms with Gasteiger partial charge >= 0.3 is 5.97 Å². The van der Waals surface area contributed by atoms with Gasteiger partial charge in [-0.25, -0.2) is 0 Å². The van der Waals surface area contributed by atoms with Crippen LogP contribution >= 0.6 is 11.6 Å². The molecule has 1 N–H and O–H groups in total. The molecule has 2 aromatic rings. The van der Waals surface area contributed by atoms with Crippen LogP contribution in [0.2, 0.25) is 5.02 Å². The van der Waals surface area contributed by atoms with Crippen molar-refractivity contribution < 1.29 is 19.1 Å². The Bertz CT molecular complexity index is 873. The van der Waals surface area contributed by atoms with E-state index < -0.39 is 18.5 Å². The minimum absolute atomic E-state index is 0.295. The maximum absolute atomic E-state index is 12.3. The Morgan fingerprint density at radius 3 is 2.41 bits per heavy atom. The number of hydrogen-bond donors (Lipinski definition) is 1. The summed E-state index contributed by atoms with van der Waals surface area (Å²) in [5.41, 5.74) is 2.50. The highest BCUT2D eigenvalue weighted by atomic mass is 35.5. The molecule has 2 amide bonds. The molecule has 0 saturated heterocycles. The summed E-state index contributed by atoms with van der Waals surface area (Å²) in [6.45, 7) is 3.43. The molecule has 0 bridgehead atoms. The average Bonchev–Trinajstić information content (AvgIpc) is 2.91. The monoisotopic (exact) mass is 384 g/mol. The number of amides is 2. The first-order valence-electron chi connectivity index (χ1n) is 8.22. The van der Waals surface area contributed by atoms with Gasteiger partial charge in [0.25, 0.3) is 11.8 Å². The van der Waals surface area contributed by atoms with Crippen LogP contribution in [0.4, 0.5) is 0 Å². The first kappa shape index (κ1) is 18.7. The van der Waals surface area contributed by atoms with E-state index in [2.05, 4.69) is 11.9 Å². The minimum Gasteiger partial charge on any atom is -0.454 e. The van der Waals surface area contributed by atoms with E-state index in [0.29, 0.717) is 28.4 Å². The summed E-state index contributed by atoms with van der Waals surface area (Å²) < 4.78 is 4.96. The molecular weight excluding hydrogens is 368 g/mol. The first-order valence-corrected chi connectivity index (χ1v) is 8.60. The Morgan fingerprint density at radius 1 is 1.07 bits per heavy atom. The number of hydrogen-bond acceptors (Lipinski definition) is 4. The smallest absolute Gasteiger partial charge is 0.326 e. The van der Waals surface area contributed by atoms with Crippen LogP contribution < -0.4 is 5.32 Å². The summed E-state index contributed by atoms with van der Waals surface area (Å²) in [6, 6.07) is 14.0. The topological polar surface area (TPSA) is 75.7 Å². The number of ether oxygens (including phenoxy) is 1. The molecule has 27 heavy (non-hydrogen) atoms. The van der Waals surface area contributed by atoms with Gasteiger partial charge in [0.2, 0.25) is 0 Å². The van der Waals surface area contributed by atoms with Crippen LogP contribution in [0.15, 0.2) is 55.1 Å². The summed E-state index contributed by atoms with van der Waals surface area (Å²) in [6.07, 6.45) is 0. The third kappa shape index (κ3) is 4.35. The van der Waals surface area contributed by atoms with Crippen LogP contribution in [0.25, 0.3) is 5.70 Å². The Hall–Kier alpha value is -3.12. The number of carbonyl (C=O) groups is 3. The van der Waals surface area contributed by atoms with Crippen molar-refractivity contribution in [3.05, 3.63) is 76.8 Å². The van der Waals surface area contributed by atoms with E-state index in [9.17, 15) is 14.4 Å². The molecule has 2 aromatic carbocycles. The Labute approximate surface area is 161 Å². The van der Waals surface area contributed by atoms with E-state index in [4.69, 9.17) is 16.3 Å². The number of fused-ring (bicyclic) bond motifs is 1. The minimum atomic E-state index is -0.682. The maximum atomic E-state index is 12.3. The molecular formula is C20H17ClN2O4. The molecule has 1 aliphatic heterocycles. The zero-order valence-corrected chi connectivity index (χ0v) is 15.2. The van der Waals surface area contributed by atoms with Gasteiger partial charge < -0.3 is 10.1 Å². The number of esters is 1. The van der Waals surface area contributed by atoms with Crippen molar-refractivity contribution in [1.82, 2.24) is 10.2 Å². The molecule has 1 aliphatic rings. The van der Waals surface area contributed by atoms with E-state index in [1.807, 2.05) is 0 Å². The van der Waals surface area contributed by atoms with Gasteiger partial charge in [-0.1, -0.05) is 48.5 Å². The summed E-state index contributed by atoms with van der Waals surface area (Å²) in [7, 11) is 0. The van der Waals surface area contributed by atoms with Gasteiger partial charge in [-0.3, -0.25) is 19.3 Å². The Morgan fingerprint density at radius 2 is 1.74 bits per heavy atom. The second kappa shape index (κ2) is 8.05. The standard InChI is InChI=1S/C20H17ClN2O4/c1-13-16-4-2-3-5-17(16)20(26)23(13)11-19(25)27-12-18(24)22-10-14-6-8-15(21)9-7-14/h2-9H,1,10-12H2,(H,22,24). The molecule has 1 heterocycles. The van der Waals surface area contributed by atoms with Crippen LogP contribution in [-0.2, 0) is 20.9 Å². The van der Waals surface area contributed by atoms with Crippen LogP contribution in [0.3, 0.4) is 0 Å². The first-order chi connectivity index (χ1) is 13.0. The lowest BCUT2D eigenvalue weighted by atomic mass is 10.1. The highest BCUT2D eigenvalue weighted by molar-refractivity contribution is 6.30. The molecule has 3 rings (SSSR count). The normalized spacial score (nSPS) is 12.7. The van der Waals surface area contributed by atoms with Crippen molar-refractivity contribution in [3.8, 4) is 0 Å². The summed E-state index contributed by atoms with van der Waals surface area (Å²) in [5.74, 6) is -1.42. The highest BCUT2D eigenvalue weighted by Crippen LogP contribution is 2.30. The molecule has 0 unspecified atom stereocenters. The Kier molecular flexibility index (Phi) is 5.57. The third-order valence-corrected chi connectivity index (χ3v) is 4.35. The quantitative estimate of drug-likeness (QED) is 0.777.